The van der Waals surface area contributed by atoms with Gasteiger partial charge in [0, 0.05) is 0 Å². The Morgan fingerprint density at radius 1 is 1.33 bits per heavy atom. The zero-order valence-electron chi connectivity index (χ0n) is 6.85. The summed E-state index contributed by atoms with van der Waals surface area (Å²) in [6.45, 7) is 2.00. The summed E-state index contributed by atoms with van der Waals surface area (Å²) in [7, 11) is 4.14. The topological polar surface area (TPSA) is 12.5 Å². The Bertz CT molecular complexity index is 58.1. The van der Waals surface area contributed by atoms with Crippen LogP contribution in [0.15, 0.2) is 0 Å². The van der Waals surface area contributed by atoms with Crippen LogP contribution in [0.25, 0.3) is 0 Å². The summed E-state index contributed by atoms with van der Waals surface area (Å²) in [6, 6.07) is 0. The zero-order chi connectivity index (χ0) is 7.28. The van der Waals surface area contributed by atoms with Gasteiger partial charge in [0.2, 0.25) is 0 Å². The molecule has 0 radical (unpaired) electrons. The number of hydrogen-bond acceptors (Lipinski definition) is 2. The molecule has 0 N–H and O–H groups in total. The molecule has 0 amide bonds. The fourth-order valence-corrected chi connectivity index (χ4v) is 2.12. The molecule has 0 aliphatic rings. The standard InChI is InChI=1S/C4H10NO.2CH3.In/c1-5(2)3-4-6;;;/h3-4H2,1-2H3;2*1H3;/q-1;;;+1. The molecular weight excluding hydrogens is 217 g/mol. The van der Waals surface area contributed by atoms with Crippen LogP contribution < -0.4 is 0 Å². The molecule has 0 rings (SSSR count). The van der Waals surface area contributed by atoms with Crippen molar-refractivity contribution >= 4 is 21.9 Å². The van der Waals surface area contributed by atoms with Crippen molar-refractivity contribution in [1.29, 1.82) is 0 Å². The van der Waals surface area contributed by atoms with Crippen molar-refractivity contribution < 1.29 is 2.85 Å². The van der Waals surface area contributed by atoms with Crippen LogP contribution >= 0.6 is 0 Å². The van der Waals surface area contributed by atoms with Crippen LogP contribution in [0.4, 0.5) is 0 Å². The molecule has 0 unspecified atom stereocenters. The van der Waals surface area contributed by atoms with E-state index in [2.05, 4.69) is 28.4 Å². The third-order valence-electron chi connectivity index (χ3n) is 0.990. The molecule has 0 aromatic heterocycles. The van der Waals surface area contributed by atoms with E-state index in [0.29, 0.717) is 0 Å². The third kappa shape index (κ3) is 8.79. The van der Waals surface area contributed by atoms with E-state index in [4.69, 9.17) is 2.85 Å². The van der Waals surface area contributed by atoms with Gasteiger partial charge in [0.25, 0.3) is 0 Å². The molecular formula is C6H16InNO. The summed E-state index contributed by atoms with van der Waals surface area (Å²) in [5.74, 6) is 0. The van der Waals surface area contributed by atoms with Crippen molar-refractivity contribution in [2.45, 2.75) is 9.36 Å². The molecule has 0 spiro atoms. The van der Waals surface area contributed by atoms with E-state index in [1.54, 1.807) is 0 Å². The average molecular weight is 233 g/mol. The molecule has 54 valence electrons. The molecule has 0 saturated carbocycles. The van der Waals surface area contributed by atoms with Gasteiger partial charge in [-0.25, -0.2) is 0 Å². The number of rotatable bonds is 4. The SMILES string of the molecule is CN(C)CC[O][In]([CH3])[CH3]. The Hall–Kier alpha value is 0.790. The Morgan fingerprint density at radius 3 is 2.22 bits per heavy atom. The van der Waals surface area contributed by atoms with Crippen molar-refractivity contribution in [3.63, 3.8) is 0 Å². The van der Waals surface area contributed by atoms with Crippen LogP contribution in [0.1, 0.15) is 0 Å². The van der Waals surface area contributed by atoms with Crippen LogP contribution in [-0.4, -0.2) is 54.0 Å². The number of likely N-dealkylation sites (N-methyl/N-ethyl adjacent to an activating group) is 1. The minimum absolute atomic E-state index is 0.931. The number of nitrogens with zero attached hydrogens (tertiary/aromatic N) is 1. The van der Waals surface area contributed by atoms with Crippen molar-refractivity contribution in [2.24, 2.45) is 0 Å². The number of hydrogen-bond donors (Lipinski definition) is 0. The van der Waals surface area contributed by atoms with Gasteiger partial charge in [-0.05, 0) is 0 Å². The Morgan fingerprint density at radius 2 is 1.89 bits per heavy atom. The Balaban J connectivity index is 2.91. The van der Waals surface area contributed by atoms with E-state index in [0.717, 1.165) is 13.2 Å². The van der Waals surface area contributed by atoms with Gasteiger partial charge in [0.05, 0.1) is 0 Å². The van der Waals surface area contributed by atoms with Gasteiger partial charge in [-0.15, -0.1) is 0 Å². The van der Waals surface area contributed by atoms with Crippen molar-refractivity contribution in [3.05, 3.63) is 0 Å². The fourth-order valence-electron chi connectivity index (χ4n) is 0.471. The van der Waals surface area contributed by atoms with Gasteiger partial charge >= 0.3 is 66.2 Å². The van der Waals surface area contributed by atoms with E-state index in [9.17, 15) is 0 Å². The van der Waals surface area contributed by atoms with Crippen molar-refractivity contribution in [3.8, 4) is 0 Å². The summed E-state index contributed by atoms with van der Waals surface area (Å²) in [5.41, 5.74) is 0. The molecule has 0 aliphatic heterocycles. The Labute approximate surface area is 66.3 Å². The zero-order valence-corrected chi connectivity index (χ0v) is 10.1. The van der Waals surface area contributed by atoms with E-state index >= 15 is 0 Å². The molecule has 0 fully saturated rings. The molecule has 0 bridgehead atoms. The van der Waals surface area contributed by atoms with E-state index < -0.39 is 21.9 Å². The van der Waals surface area contributed by atoms with Crippen LogP contribution in [0.2, 0.25) is 9.36 Å². The molecule has 9 heavy (non-hydrogen) atoms. The summed E-state index contributed by atoms with van der Waals surface area (Å²) >= 11 is -1.33. The van der Waals surface area contributed by atoms with Gasteiger partial charge in [0.1, 0.15) is 0 Å². The summed E-state index contributed by atoms with van der Waals surface area (Å²) in [4.78, 5) is 2.15. The molecule has 0 aromatic rings. The van der Waals surface area contributed by atoms with Gasteiger partial charge in [-0.2, -0.15) is 0 Å². The average Bonchev–Trinajstić information content (AvgIpc) is 1.63. The van der Waals surface area contributed by atoms with Crippen molar-refractivity contribution in [2.75, 3.05) is 27.2 Å². The summed E-state index contributed by atoms with van der Waals surface area (Å²) < 4.78 is 10.0. The maximum absolute atomic E-state index is 5.52. The second-order valence-corrected chi connectivity index (χ2v) is 9.66. The normalized spacial score (nSPS) is 10.3. The van der Waals surface area contributed by atoms with E-state index in [1.165, 1.54) is 0 Å². The van der Waals surface area contributed by atoms with Crippen LogP contribution in [0.5, 0.6) is 0 Å². The van der Waals surface area contributed by atoms with Crippen LogP contribution in [-0.2, 0) is 2.85 Å². The van der Waals surface area contributed by atoms with Crippen LogP contribution in [0.3, 0.4) is 0 Å². The Kier molecular flexibility index (Phi) is 6.05. The fraction of sp³-hybridized carbons (Fsp3) is 1.00. The molecule has 0 heterocycles. The predicted molar refractivity (Wildman–Crippen MR) is 42.0 cm³/mol. The third-order valence-corrected chi connectivity index (χ3v) is 3.57. The van der Waals surface area contributed by atoms with E-state index in [1.807, 2.05) is 0 Å². The van der Waals surface area contributed by atoms with Gasteiger partial charge in [-0.1, -0.05) is 0 Å². The predicted octanol–water partition coefficient (Wildman–Crippen LogP) is 0.816. The maximum atomic E-state index is 5.52. The van der Waals surface area contributed by atoms with Crippen molar-refractivity contribution in [1.82, 2.24) is 4.90 Å². The van der Waals surface area contributed by atoms with Gasteiger partial charge < -0.3 is 0 Å². The summed E-state index contributed by atoms with van der Waals surface area (Å²) in [6.07, 6.45) is 0. The molecule has 0 saturated heterocycles. The first-order valence-electron chi connectivity index (χ1n) is 3.39. The monoisotopic (exact) mass is 233 g/mol. The molecule has 0 aliphatic carbocycles. The second-order valence-electron chi connectivity index (χ2n) is 2.72. The van der Waals surface area contributed by atoms with Gasteiger partial charge in [0.15, 0.2) is 0 Å². The summed E-state index contributed by atoms with van der Waals surface area (Å²) in [5, 5.41) is 0. The first-order chi connectivity index (χ1) is 4.13. The van der Waals surface area contributed by atoms with E-state index in [-0.39, 0.29) is 0 Å². The molecule has 0 aromatic carbocycles. The molecule has 3 heteroatoms. The molecule has 2 nitrogen and oxygen atoms in total. The quantitative estimate of drug-likeness (QED) is 0.712. The minimum atomic E-state index is -1.33. The molecule has 0 atom stereocenters. The first kappa shape index (κ1) is 9.79. The van der Waals surface area contributed by atoms with Crippen LogP contribution in [0, 0.1) is 0 Å². The first-order valence-corrected chi connectivity index (χ1v) is 11.3. The second kappa shape index (κ2) is 5.57. The van der Waals surface area contributed by atoms with Gasteiger partial charge in [-0.3, -0.25) is 0 Å².